The topological polar surface area (TPSA) is 32.3 Å². The van der Waals surface area contributed by atoms with Crippen LogP contribution < -0.4 is 5.32 Å². The van der Waals surface area contributed by atoms with Gasteiger partial charge in [-0.15, -0.1) is 0 Å². The Kier molecular flexibility index (Phi) is 5.06. The quantitative estimate of drug-likeness (QED) is 0.920. The van der Waals surface area contributed by atoms with Crippen LogP contribution in [0, 0.1) is 17.6 Å². The Labute approximate surface area is 118 Å². The smallest absolute Gasteiger partial charge is 0.254 e. The van der Waals surface area contributed by atoms with Gasteiger partial charge < -0.3 is 10.2 Å². The molecular weight excluding hydrogens is 262 g/mol. The molecule has 1 amide bonds. The first-order valence-electron chi connectivity index (χ1n) is 7.02. The first kappa shape index (κ1) is 14.9. The normalized spacial score (nSPS) is 17.1. The number of benzene rings is 1. The molecule has 1 aliphatic rings. The molecule has 1 aliphatic heterocycles. The van der Waals surface area contributed by atoms with Gasteiger partial charge in [0.15, 0.2) is 11.6 Å². The molecule has 3 nitrogen and oxygen atoms in total. The molecule has 0 unspecified atom stereocenters. The van der Waals surface area contributed by atoms with Crippen molar-refractivity contribution < 1.29 is 13.6 Å². The van der Waals surface area contributed by atoms with Crippen LogP contribution in [0.4, 0.5) is 8.78 Å². The highest BCUT2D eigenvalue weighted by molar-refractivity contribution is 5.94. The second-order valence-electron chi connectivity index (χ2n) is 5.38. The van der Waals surface area contributed by atoms with E-state index in [2.05, 4.69) is 17.1 Å². The Hall–Kier alpha value is -1.49. The van der Waals surface area contributed by atoms with E-state index in [1.807, 2.05) is 0 Å². The van der Waals surface area contributed by atoms with Crippen LogP contribution in [0.15, 0.2) is 18.2 Å². The number of likely N-dealkylation sites (tertiary alicyclic amines) is 1. The van der Waals surface area contributed by atoms with E-state index in [-0.39, 0.29) is 5.56 Å². The lowest BCUT2D eigenvalue weighted by atomic mass is 9.99. The molecule has 1 N–H and O–H groups in total. The molecule has 2 rings (SSSR count). The highest BCUT2D eigenvalue weighted by Gasteiger charge is 2.17. The lowest BCUT2D eigenvalue weighted by Crippen LogP contribution is -2.39. The molecule has 1 aromatic carbocycles. The average molecular weight is 282 g/mol. The maximum Gasteiger partial charge on any atom is 0.254 e. The van der Waals surface area contributed by atoms with Crippen LogP contribution >= 0.6 is 0 Å². The maximum absolute atomic E-state index is 13.4. The summed E-state index contributed by atoms with van der Waals surface area (Å²) >= 11 is 0. The molecule has 0 saturated carbocycles. The zero-order valence-electron chi connectivity index (χ0n) is 11.7. The van der Waals surface area contributed by atoms with Crippen molar-refractivity contribution >= 4 is 5.91 Å². The number of nitrogens with zero attached hydrogens (tertiary/aromatic N) is 1. The summed E-state index contributed by atoms with van der Waals surface area (Å²) in [7, 11) is 0. The number of piperidine rings is 1. The van der Waals surface area contributed by atoms with E-state index in [9.17, 15) is 13.6 Å². The fourth-order valence-corrected chi connectivity index (χ4v) is 2.39. The fraction of sp³-hybridized carbons (Fsp3) is 0.533. The zero-order valence-corrected chi connectivity index (χ0v) is 11.7. The van der Waals surface area contributed by atoms with Crippen LogP contribution in [-0.2, 0) is 0 Å². The third kappa shape index (κ3) is 3.76. The van der Waals surface area contributed by atoms with Crippen molar-refractivity contribution in [3.05, 3.63) is 35.4 Å². The van der Waals surface area contributed by atoms with Gasteiger partial charge in [0.1, 0.15) is 0 Å². The van der Waals surface area contributed by atoms with E-state index in [0.717, 1.165) is 31.6 Å². The molecule has 1 aromatic rings. The van der Waals surface area contributed by atoms with Crippen LogP contribution in [0.1, 0.15) is 30.1 Å². The maximum atomic E-state index is 13.4. The molecule has 0 atom stereocenters. The summed E-state index contributed by atoms with van der Waals surface area (Å²) in [5.74, 6) is -1.88. The number of carbonyl (C=O) groups excluding carboxylic acids is 1. The Morgan fingerprint density at radius 1 is 1.35 bits per heavy atom. The van der Waals surface area contributed by atoms with Crippen molar-refractivity contribution in [3.63, 3.8) is 0 Å². The minimum Gasteiger partial charge on any atom is -0.351 e. The minimum absolute atomic E-state index is 0.239. The second kappa shape index (κ2) is 6.79. The highest BCUT2D eigenvalue weighted by Crippen LogP contribution is 2.15. The Morgan fingerprint density at radius 3 is 2.75 bits per heavy atom. The van der Waals surface area contributed by atoms with Crippen molar-refractivity contribution in [2.24, 2.45) is 5.92 Å². The molecule has 1 saturated heterocycles. The molecule has 5 heteroatoms. The van der Waals surface area contributed by atoms with Crippen molar-refractivity contribution in [1.82, 2.24) is 10.2 Å². The molecule has 0 aromatic heterocycles. The number of nitrogens with one attached hydrogen (secondary N) is 1. The molecular formula is C15H20F2N2O. The number of rotatable bonds is 4. The van der Waals surface area contributed by atoms with Gasteiger partial charge in [-0.25, -0.2) is 8.78 Å². The van der Waals surface area contributed by atoms with Gasteiger partial charge in [-0.2, -0.15) is 0 Å². The lowest BCUT2D eigenvalue weighted by molar-refractivity contribution is 0.0939. The Balaban J connectivity index is 1.79. The largest absolute Gasteiger partial charge is 0.351 e. The molecule has 20 heavy (non-hydrogen) atoms. The summed E-state index contributed by atoms with van der Waals surface area (Å²) < 4.78 is 26.5. The van der Waals surface area contributed by atoms with Gasteiger partial charge in [-0.1, -0.05) is 13.0 Å². The van der Waals surface area contributed by atoms with E-state index in [1.165, 1.54) is 25.0 Å². The minimum atomic E-state index is -1.09. The van der Waals surface area contributed by atoms with Crippen LogP contribution in [-0.4, -0.2) is 37.0 Å². The monoisotopic (exact) mass is 282 g/mol. The van der Waals surface area contributed by atoms with Gasteiger partial charge in [-0.3, -0.25) is 4.79 Å². The van der Waals surface area contributed by atoms with Crippen molar-refractivity contribution in [3.8, 4) is 0 Å². The third-order valence-electron chi connectivity index (χ3n) is 3.79. The summed E-state index contributed by atoms with van der Waals surface area (Å²) in [6, 6.07) is 3.62. The molecule has 0 spiro atoms. The first-order valence-corrected chi connectivity index (χ1v) is 7.02. The summed E-state index contributed by atoms with van der Waals surface area (Å²) in [6.45, 7) is 5.50. The van der Waals surface area contributed by atoms with Gasteiger partial charge in [0.2, 0.25) is 0 Å². The fourth-order valence-electron chi connectivity index (χ4n) is 2.39. The van der Waals surface area contributed by atoms with E-state index in [4.69, 9.17) is 0 Å². The Morgan fingerprint density at radius 2 is 2.05 bits per heavy atom. The molecule has 1 fully saturated rings. The zero-order chi connectivity index (χ0) is 14.5. The molecule has 110 valence electrons. The van der Waals surface area contributed by atoms with Crippen molar-refractivity contribution in [2.75, 3.05) is 26.2 Å². The lowest BCUT2D eigenvalue weighted by Gasteiger charge is -2.30. The predicted molar refractivity (Wildman–Crippen MR) is 73.5 cm³/mol. The number of hydrogen-bond acceptors (Lipinski definition) is 2. The SMILES string of the molecule is CC1CCN(CCNC(=O)c2cccc(F)c2F)CC1. The number of halogens is 2. The summed E-state index contributed by atoms with van der Waals surface area (Å²) in [6.07, 6.45) is 2.35. The summed E-state index contributed by atoms with van der Waals surface area (Å²) in [4.78, 5) is 14.1. The highest BCUT2D eigenvalue weighted by atomic mass is 19.2. The number of carbonyl (C=O) groups is 1. The van der Waals surface area contributed by atoms with Crippen LogP contribution in [0.5, 0.6) is 0 Å². The molecule has 0 bridgehead atoms. The second-order valence-corrected chi connectivity index (χ2v) is 5.38. The third-order valence-corrected chi connectivity index (χ3v) is 3.79. The number of hydrogen-bond donors (Lipinski definition) is 1. The van der Waals surface area contributed by atoms with Gasteiger partial charge in [0.25, 0.3) is 5.91 Å². The summed E-state index contributed by atoms with van der Waals surface area (Å²) in [5.41, 5.74) is -0.239. The summed E-state index contributed by atoms with van der Waals surface area (Å²) in [5, 5.41) is 2.64. The average Bonchev–Trinajstić information content (AvgIpc) is 2.44. The first-order chi connectivity index (χ1) is 9.58. The molecule has 0 radical (unpaired) electrons. The van der Waals surface area contributed by atoms with E-state index >= 15 is 0 Å². The predicted octanol–water partition coefficient (Wildman–Crippen LogP) is 2.43. The molecule has 0 aliphatic carbocycles. The van der Waals surface area contributed by atoms with Crippen LogP contribution in [0.2, 0.25) is 0 Å². The van der Waals surface area contributed by atoms with Crippen molar-refractivity contribution in [1.29, 1.82) is 0 Å². The van der Waals surface area contributed by atoms with Gasteiger partial charge in [-0.05, 0) is 44.0 Å². The van der Waals surface area contributed by atoms with E-state index in [1.54, 1.807) is 0 Å². The van der Waals surface area contributed by atoms with E-state index in [0.29, 0.717) is 6.54 Å². The van der Waals surface area contributed by atoms with Gasteiger partial charge >= 0.3 is 0 Å². The van der Waals surface area contributed by atoms with Crippen LogP contribution in [0.3, 0.4) is 0 Å². The van der Waals surface area contributed by atoms with Crippen LogP contribution in [0.25, 0.3) is 0 Å². The Bertz CT molecular complexity index is 471. The molecule has 1 heterocycles. The standard InChI is InChI=1S/C15H20F2N2O/c1-11-5-8-19(9-6-11)10-7-18-15(20)12-3-2-4-13(16)14(12)17/h2-4,11H,5-10H2,1H3,(H,18,20). The van der Waals surface area contributed by atoms with Crippen molar-refractivity contribution in [2.45, 2.75) is 19.8 Å². The van der Waals surface area contributed by atoms with Gasteiger partial charge in [0, 0.05) is 13.1 Å². The van der Waals surface area contributed by atoms with E-state index < -0.39 is 17.5 Å². The van der Waals surface area contributed by atoms with Gasteiger partial charge in [0.05, 0.1) is 5.56 Å². The number of amides is 1.